The minimum atomic E-state index is -0.388. The molecule has 2 aromatic carbocycles. The summed E-state index contributed by atoms with van der Waals surface area (Å²) in [5.41, 5.74) is 1.46. The van der Waals surface area contributed by atoms with E-state index in [0.717, 1.165) is 16.3 Å². The normalized spacial score (nSPS) is 10.2. The summed E-state index contributed by atoms with van der Waals surface area (Å²) in [4.78, 5) is 11.5. The van der Waals surface area contributed by atoms with Gasteiger partial charge in [0.25, 0.3) is 0 Å². The van der Waals surface area contributed by atoms with Gasteiger partial charge in [0.2, 0.25) is 0 Å². The zero-order valence-corrected chi connectivity index (χ0v) is 9.99. The highest BCUT2D eigenvalue weighted by Gasteiger charge is 2.09. The van der Waals surface area contributed by atoms with Gasteiger partial charge in [-0.05, 0) is 30.9 Å². The summed E-state index contributed by atoms with van der Waals surface area (Å²) in [6.07, 6.45) is 0. The van der Waals surface area contributed by atoms with E-state index in [9.17, 15) is 4.79 Å². The Morgan fingerprint density at radius 1 is 1.24 bits per heavy atom. The summed E-state index contributed by atoms with van der Waals surface area (Å²) < 4.78 is 5.33. The number of ether oxygens (including phenoxy) is 1. The quantitative estimate of drug-likeness (QED) is 0.444. The molecule has 0 aliphatic rings. The van der Waals surface area contributed by atoms with Crippen LogP contribution in [0.15, 0.2) is 48.6 Å². The molecule has 0 amide bonds. The topological polar surface area (TPSA) is 26.3 Å². The fourth-order valence-electron chi connectivity index (χ4n) is 1.69. The molecule has 0 aliphatic carbocycles. The van der Waals surface area contributed by atoms with Crippen LogP contribution in [0, 0.1) is 6.92 Å². The Hall–Kier alpha value is -2.09. The van der Waals surface area contributed by atoms with E-state index < -0.39 is 0 Å². The number of carbonyl (C=O) groups excluding carboxylic acids is 1. The first-order valence-corrected chi connectivity index (χ1v) is 5.45. The van der Waals surface area contributed by atoms with Crippen molar-refractivity contribution < 1.29 is 9.53 Å². The smallest absolute Gasteiger partial charge is 0.338 e. The van der Waals surface area contributed by atoms with Crippen LogP contribution in [0.25, 0.3) is 10.8 Å². The van der Waals surface area contributed by atoms with Crippen LogP contribution in [0.2, 0.25) is 0 Å². The summed E-state index contributed by atoms with van der Waals surface area (Å²) in [5, 5.41) is 2.00. The highest BCUT2D eigenvalue weighted by molar-refractivity contribution is 5.94. The van der Waals surface area contributed by atoms with E-state index in [2.05, 4.69) is 12.6 Å². The molecule has 0 aliphatic heterocycles. The van der Waals surface area contributed by atoms with Crippen molar-refractivity contribution in [3.8, 4) is 5.75 Å². The van der Waals surface area contributed by atoms with Gasteiger partial charge in [-0.15, -0.1) is 0 Å². The van der Waals surface area contributed by atoms with Gasteiger partial charge in [-0.1, -0.05) is 36.9 Å². The monoisotopic (exact) mass is 226 g/mol. The van der Waals surface area contributed by atoms with Crippen molar-refractivity contribution in [3.63, 3.8) is 0 Å². The van der Waals surface area contributed by atoms with Gasteiger partial charge in [0, 0.05) is 11.0 Å². The van der Waals surface area contributed by atoms with Gasteiger partial charge in [0.1, 0.15) is 5.75 Å². The van der Waals surface area contributed by atoms with Crippen LogP contribution in [0.1, 0.15) is 12.5 Å². The number of hydrogen-bond acceptors (Lipinski definition) is 2. The molecule has 0 spiro atoms. The van der Waals surface area contributed by atoms with Crippen LogP contribution in [0.3, 0.4) is 0 Å². The molecule has 0 fully saturated rings. The van der Waals surface area contributed by atoms with Crippen LogP contribution in [-0.4, -0.2) is 5.97 Å². The summed E-state index contributed by atoms with van der Waals surface area (Å²) >= 11 is 0. The number of esters is 1. The van der Waals surface area contributed by atoms with Gasteiger partial charge in [0.05, 0.1) is 0 Å². The second kappa shape index (κ2) is 4.42. The number of aryl methyl sites for hydroxylation is 1. The first kappa shape index (κ1) is 11.4. The molecule has 2 aromatic rings. The largest absolute Gasteiger partial charge is 0.423 e. The van der Waals surface area contributed by atoms with Crippen LogP contribution in [0.4, 0.5) is 0 Å². The Morgan fingerprint density at radius 3 is 2.65 bits per heavy atom. The van der Waals surface area contributed by atoms with Gasteiger partial charge in [-0.3, -0.25) is 0 Å². The molecular weight excluding hydrogens is 212 g/mol. The molecule has 2 nitrogen and oxygen atoms in total. The second-order valence-electron chi connectivity index (χ2n) is 4.15. The Labute approximate surface area is 101 Å². The predicted octanol–water partition coefficient (Wildman–Crippen LogP) is 3.63. The Morgan fingerprint density at radius 2 is 1.94 bits per heavy atom. The average molecular weight is 226 g/mol. The van der Waals surface area contributed by atoms with Crippen LogP contribution in [-0.2, 0) is 4.79 Å². The Kier molecular flexibility index (Phi) is 2.96. The van der Waals surface area contributed by atoms with Crippen molar-refractivity contribution in [2.75, 3.05) is 0 Å². The number of rotatable bonds is 2. The van der Waals surface area contributed by atoms with Gasteiger partial charge in [0.15, 0.2) is 0 Å². The van der Waals surface area contributed by atoms with E-state index in [-0.39, 0.29) is 5.97 Å². The van der Waals surface area contributed by atoms with Crippen molar-refractivity contribution in [1.82, 2.24) is 0 Å². The zero-order valence-electron chi connectivity index (χ0n) is 9.99. The number of carbonyl (C=O) groups is 1. The van der Waals surface area contributed by atoms with Crippen molar-refractivity contribution in [1.29, 1.82) is 0 Å². The molecule has 0 unspecified atom stereocenters. The second-order valence-corrected chi connectivity index (χ2v) is 4.15. The maximum atomic E-state index is 11.5. The minimum Gasteiger partial charge on any atom is -0.423 e. The minimum absolute atomic E-state index is 0.388. The maximum Gasteiger partial charge on any atom is 0.338 e. The molecule has 0 radical (unpaired) electrons. The van der Waals surface area contributed by atoms with Gasteiger partial charge < -0.3 is 4.74 Å². The van der Waals surface area contributed by atoms with Gasteiger partial charge in [-0.25, -0.2) is 4.79 Å². The molecule has 0 saturated carbocycles. The maximum absolute atomic E-state index is 11.5. The van der Waals surface area contributed by atoms with Crippen molar-refractivity contribution in [2.45, 2.75) is 13.8 Å². The summed E-state index contributed by atoms with van der Waals surface area (Å²) in [6.45, 7) is 7.20. The predicted molar refractivity (Wildman–Crippen MR) is 69.1 cm³/mol. The van der Waals surface area contributed by atoms with E-state index in [0.29, 0.717) is 11.3 Å². The van der Waals surface area contributed by atoms with Crippen LogP contribution >= 0.6 is 0 Å². The lowest BCUT2D eigenvalue weighted by atomic mass is 10.1. The average Bonchev–Trinajstić information content (AvgIpc) is 2.28. The molecule has 0 heterocycles. The molecule has 2 rings (SSSR count). The standard InChI is InChI=1S/C15H14O2/c1-10(2)15(16)17-14-9-11(3)8-12-6-4-5-7-13(12)14/h4-9H,1H2,2-3H3. The zero-order chi connectivity index (χ0) is 12.4. The van der Waals surface area contributed by atoms with E-state index in [4.69, 9.17) is 4.74 Å². The molecule has 0 bridgehead atoms. The van der Waals surface area contributed by atoms with Crippen LogP contribution < -0.4 is 4.74 Å². The van der Waals surface area contributed by atoms with Crippen molar-refractivity contribution >= 4 is 16.7 Å². The first-order chi connectivity index (χ1) is 8.08. The van der Waals surface area contributed by atoms with Crippen molar-refractivity contribution in [3.05, 3.63) is 54.1 Å². The molecule has 0 atom stereocenters. The third kappa shape index (κ3) is 2.36. The number of benzene rings is 2. The summed E-state index contributed by atoms with van der Waals surface area (Å²) in [6, 6.07) is 11.8. The van der Waals surface area contributed by atoms with E-state index in [1.54, 1.807) is 6.92 Å². The lowest BCUT2D eigenvalue weighted by Gasteiger charge is -2.08. The van der Waals surface area contributed by atoms with Gasteiger partial charge in [-0.2, -0.15) is 0 Å². The van der Waals surface area contributed by atoms with E-state index in [1.165, 1.54) is 0 Å². The molecule has 0 saturated heterocycles. The van der Waals surface area contributed by atoms with Crippen molar-refractivity contribution in [2.24, 2.45) is 0 Å². The number of fused-ring (bicyclic) bond motifs is 1. The van der Waals surface area contributed by atoms with E-state index >= 15 is 0 Å². The fourth-order valence-corrected chi connectivity index (χ4v) is 1.69. The molecule has 2 heteroatoms. The molecule has 0 aromatic heterocycles. The third-order valence-corrected chi connectivity index (χ3v) is 2.52. The van der Waals surface area contributed by atoms with E-state index in [1.807, 2.05) is 37.3 Å². The van der Waals surface area contributed by atoms with Gasteiger partial charge >= 0.3 is 5.97 Å². The highest BCUT2D eigenvalue weighted by atomic mass is 16.5. The molecule has 17 heavy (non-hydrogen) atoms. The van der Waals surface area contributed by atoms with Crippen LogP contribution in [0.5, 0.6) is 5.75 Å². The summed E-state index contributed by atoms with van der Waals surface area (Å²) in [7, 11) is 0. The Balaban J connectivity index is 2.52. The molecule has 86 valence electrons. The Bertz CT molecular complexity index is 597. The fraction of sp³-hybridized carbons (Fsp3) is 0.133. The lowest BCUT2D eigenvalue weighted by molar-refractivity contribution is -0.129. The highest BCUT2D eigenvalue weighted by Crippen LogP contribution is 2.27. The summed E-state index contributed by atoms with van der Waals surface area (Å²) in [5.74, 6) is 0.203. The number of hydrogen-bond donors (Lipinski definition) is 0. The first-order valence-electron chi connectivity index (χ1n) is 5.45. The SMILES string of the molecule is C=C(C)C(=O)Oc1cc(C)cc2ccccc12. The third-order valence-electron chi connectivity index (χ3n) is 2.52. The molecular formula is C15H14O2. The molecule has 0 N–H and O–H groups in total. The lowest BCUT2D eigenvalue weighted by Crippen LogP contribution is -2.08.